The highest BCUT2D eigenvalue weighted by Gasteiger charge is 2.31. The fourth-order valence-electron chi connectivity index (χ4n) is 4.46. The minimum atomic E-state index is -0.0411. The first-order valence-corrected chi connectivity index (χ1v) is 9.51. The van der Waals surface area contributed by atoms with E-state index in [0.717, 1.165) is 36.3 Å². The first-order valence-electron chi connectivity index (χ1n) is 9.51. The molecular weight excluding hydrogens is 308 g/mol. The van der Waals surface area contributed by atoms with Crippen molar-refractivity contribution in [1.29, 1.82) is 0 Å². The van der Waals surface area contributed by atoms with Crippen molar-refractivity contribution in [2.24, 2.45) is 11.8 Å². The molecule has 1 saturated carbocycles. The van der Waals surface area contributed by atoms with Crippen molar-refractivity contribution in [3.05, 3.63) is 60.2 Å². The zero-order valence-electron chi connectivity index (χ0n) is 14.7. The Bertz CT molecular complexity index is 728. The molecule has 130 valence electrons. The summed E-state index contributed by atoms with van der Waals surface area (Å²) in [5, 5.41) is 3.12. The molecule has 2 aliphatic rings. The standard InChI is InChI=1S/C22H26N2O/c25-22(18-9-2-1-3-10-18)23-20-12-6-7-13-21(20)24-15-14-17-8-4-5-11-19(17)16-24/h1-3,6-7,9-10,12-13,17,19H,4-5,8,11,14-16H2,(H,23,25)/t17-,19+/m0/s1. The molecule has 1 heterocycles. The quantitative estimate of drug-likeness (QED) is 0.861. The van der Waals surface area contributed by atoms with Gasteiger partial charge in [0, 0.05) is 18.7 Å². The van der Waals surface area contributed by atoms with E-state index in [1.165, 1.54) is 32.1 Å². The smallest absolute Gasteiger partial charge is 0.255 e. The van der Waals surface area contributed by atoms with Crippen LogP contribution in [0.15, 0.2) is 54.6 Å². The maximum atomic E-state index is 12.5. The SMILES string of the molecule is O=C(Nc1ccccc1N1CC[C@@H]2CCCC[C@@H]2C1)c1ccccc1. The van der Waals surface area contributed by atoms with Crippen molar-refractivity contribution in [3.8, 4) is 0 Å². The van der Waals surface area contributed by atoms with Crippen molar-refractivity contribution in [3.63, 3.8) is 0 Å². The highest BCUT2D eigenvalue weighted by atomic mass is 16.1. The van der Waals surface area contributed by atoms with Gasteiger partial charge in [0.05, 0.1) is 11.4 Å². The van der Waals surface area contributed by atoms with Gasteiger partial charge < -0.3 is 10.2 Å². The number of hydrogen-bond donors (Lipinski definition) is 1. The number of amides is 1. The van der Waals surface area contributed by atoms with Crippen molar-refractivity contribution in [2.45, 2.75) is 32.1 Å². The maximum Gasteiger partial charge on any atom is 0.255 e. The molecule has 2 aromatic rings. The number of para-hydroxylation sites is 2. The van der Waals surface area contributed by atoms with E-state index >= 15 is 0 Å². The second-order valence-corrected chi connectivity index (χ2v) is 7.38. The lowest BCUT2D eigenvalue weighted by atomic mass is 9.75. The minimum Gasteiger partial charge on any atom is -0.370 e. The summed E-state index contributed by atoms with van der Waals surface area (Å²) in [6.45, 7) is 2.22. The molecule has 1 amide bonds. The second-order valence-electron chi connectivity index (χ2n) is 7.38. The Morgan fingerprint density at radius 3 is 2.44 bits per heavy atom. The van der Waals surface area contributed by atoms with E-state index in [4.69, 9.17) is 0 Å². The van der Waals surface area contributed by atoms with Gasteiger partial charge in [-0.1, -0.05) is 49.6 Å². The highest BCUT2D eigenvalue weighted by Crippen LogP contribution is 2.39. The molecule has 0 unspecified atom stereocenters. The van der Waals surface area contributed by atoms with E-state index < -0.39 is 0 Å². The zero-order valence-corrected chi connectivity index (χ0v) is 14.7. The zero-order chi connectivity index (χ0) is 17.1. The number of piperidine rings is 1. The number of nitrogens with zero attached hydrogens (tertiary/aromatic N) is 1. The van der Waals surface area contributed by atoms with Crippen LogP contribution in [0.2, 0.25) is 0 Å². The summed E-state index contributed by atoms with van der Waals surface area (Å²) >= 11 is 0. The summed E-state index contributed by atoms with van der Waals surface area (Å²) in [4.78, 5) is 15.0. The number of nitrogens with one attached hydrogen (secondary N) is 1. The lowest BCUT2D eigenvalue weighted by Crippen LogP contribution is -2.42. The van der Waals surface area contributed by atoms with Crippen LogP contribution in [0.5, 0.6) is 0 Å². The van der Waals surface area contributed by atoms with Gasteiger partial charge in [-0.05, 0) is 48.9 Å². The van der Waals surface area contributed by atoms with Gasteiger partial charge in [0.15, 0.2) is 0 Å². The molecule has 2 aromatic carbocycles. The van der Waals surface area contributed by atoms with Gasteiger partial charge in [-0.2, -0.15) is 0 Å². The summed E-state index contributed by atoms with van der Waals surface area (Å²) in [5.41, 5.74) is 2.78. The highest BCUT2D eigenvalue weighted by molar-refractivity contribution is 6.05. The number of anilines is 2. The van der Waals surface area contributed by atoms with Gasteiger partial charge in [-0.3, -0.25) is 4.79 Å². The average molecular weight is 334 g/mol. The Labute approximate surface area is 150 Å². The van der Waals surface area contributed by atoms with Crippen LogP contribution >= 0.6 is 0 Å². The van der Waals surface area contributed by atoms with Crippen molar-refractivity contribution >= 4 is 17.3 Å². The van der Waals surface area contributed by atoms with E-state index in [1.807, 2.05) is 42.5 Å². The van der Waals surface area contributed by atoms with Gasteiger partial charge in [-0.25, -0.2) is 0 Å². The van der Waals surface area contributed by atoms with Crippen LogP contribution in [-0.4, -0.2) is 19.0 Å². The molecule has 25 heavy (non-hydrogen) atoms. The lowest BCUT2D eigenvalue weighted by Gasteiger charge is -2.42. The molecular formula is C22H26N2O. The molecule has 2 atom stereocenters. The fourth-order valence-corrected chi connectivity index (χ4v) is 4.46. The number of fused-ring (bicyclic) bond motifs is 1. The molecule has 1 N–H and O–H groups in total. The third-order valence-electron chi connectivity index (χ3n) is 5.82. The Balaban J connectivity index is 1.52. The summed E-state index contributed by atoms with van der Waals surface area (Å²) in [5.74, 6) is 1.69. The van der Waals surface area contributed by atoms with Crippen LogP contribution in [0, 0.1) is 11.8 Å². The summed E-state index contributed by atoms with van der Waals surface area (Å²) in [6, 6.07) is 17.7. The van der Waals surface area contributed by atoms with Gasteiger partial charge >= 0.3 is 0 Å². The number of benzene rings is 2. The topological polar surface area (TPSA) is 32.3 Å². The lowest BCUT2D eigenvalue weighted by molar-refractivity contribution is 0.102. The molecule has 4 rings (SSSR count). The van der Waals surface area contributed by atoms with Crippen LogP contribution in [0.25, 0.3) is 0 Å². The largest absolute Gasteiger partial charge is 0.370 e. The van der Waals surface area contributed by atoms with Gasteiger partial charge in [0.1, 0.15) is 0 Å². The number of rotatable bonds is 3. The third kappa shape index (κ3) is 3.55. The summed E-state index contributed by atoms with van der Waals surface area (Å²) < 4.78 is 0. The van der Waals surface area contributed by atoms with E-state index in [-0.39, 0.29) is 5.91 Å². The van der Waals surface area contributed by atoms with Crippen LogP contribution in [0.4, 0.5) is 11.4 Å². The van der Waals surface area contributed by atoms with E-state index in [9.17, 15) is 4.79 Å². The number of carbonyl (C=O) groups excluding carboxylic acids is 1. The molecule has 0 radical (unpaired) electrons. The summed E-state index contributed by atoms with van der Waals surface area (Å²) in [6.07, 6.45) is 6.84. The van der Waals surface area contributed by atoms with Crippen molar-refractivity contribution in [1.82, 2.24) is 0 Å². The predicted octanol–water partition coefficient (Wildman–Crippen LogP) is 4.96. The average Bonchev–Trinajstić information content (AvgIpc) is 2.69. The van der Waals surface area contributed by atoms with Gasteiger partial charge in [-0.15, -0.1) is 0 Å². The molecule has 1 saturated heterocycles. The van der Waals surface area contributed by atoms with Gasteiger partial charge in [0.2, 0.25) is 0 Å². The van der Waals surface area contributed by atoms with Crippen molar-refractivity contribution in [2.75, 3.05) is 23.3 Å². The van der Waals surface area contributed by atoms with Crippen LogP contribution in [-0.2, 0) is 0 Å². The molecule has 0 spiro atoms. The number of carbonyl (C=O) groups is 1. The molecule has 3 nitrogen and oxygen atoms in total. The summed E-state index contributed by atoms with van der Waals surface area (Å²) in [7, 11) is 0. The predicted molar refractivity (Wildman–Crippen MR) is 103 cm³/mol. The molecule has 0 bridgehead atoms. The fraction of sp³-hybridized carbons (Fsp3) is 0.409. The molecule has 1 aliphatic heterocycles. The van der Waals surface area contributed by atoms with E-state index in [1.54, 1.807) is 0 Å². The van der Waals surface area contributed by atoms with Crippen molar-refractivity contribution < 1.29 is 4.79 Å². The molecule has 0 aromatic heterocycles. The van der Waals surface area contributed by atoms with Gasteiger partial charge in [0.25, 0.3) is 5.91 Å². The van der Waals surface area contributed by atoms with E-state index in [2.05, 4.69) is 22.3 Å². The maximum absolute atomic E-state index is 12.5. The molecule has 2 fully saturated rings. The van der Waals surface area contributed by atoms with Crippen LogP contribution < -0.4 is 10.2 Å². The monoisotopic (exact) mass is 334 g/mol. The molecule has 3 heteroatoms. The van der Waals surface area contributed by atoms with Crippen LogP contribution in [0.1, 0.15) is 42.5 Å². The van der Waals surface area contributed by atoms with E-state index in [0.29, 0.717) is 5.56 Å². The van der Waals surface area contributed by atoms with Crippen LogP contribution in [0.3, 0.4) is 0 Å². The Hall–Kier alpha value is -2.29. The first-order chi connectivity index (χ1) is 12.3. The Kier molecular flexibility index (Phi) is 4.73. The third-order valence-corrected chi connectivity index (χ3v) is 5.82. The first kappa shape index (κ1) is 16.2. The second kappa shape index (κ2) is 7.30. The minimum absolute atomic E-state index is 0.0411. The Morgan fingerprint density at radius 2 is 1.60 bits per heavy atom. The Morgan fingerprint density at radius 1 is 0.880 bits per heavy atom. The molecule has 1 aliphatic carbocycles. The number of hydrogen-bond acceptors (Lipinski definition) is 2. The normalized spacial score (nSPS) is 23.0.